The average molecular weight is 327 g/mol. The number of ether oxygens (including phenoxy) is 1. The Labute approximate surface area is 124 Å². The number of methoxy groups -OCH3 is 1. The largest absolute Gasteiger partial charge is 0.496 e. The molecule has 2 rings (SSSR count). The molecule has 0 amide bonds. The van der Waals surface area contributed by atoms with Crippen LogP contribution in [0.5, 0.6) is 5.75 Å². The minimum atomic E-state index is 0.427. The van der Waals surface area contributed by atoms with Crippen LogP contribution in [0.25, 0.3) is 0 Å². The van der Waals surface area contributed by atoms with Gasteiger partial charge in [-0.1, -0.05) is 0 Å². The molecule has 106 valence electrons. The molecule has 4 heteroatoms. The monoisotopic (exact) mass is 326 g/mol. The lowest BCUT2D eigenvalue weighted by molar-refractivity contribution is 0.330. The molecular weight excluding hydrogens is 304 g/mol. The van der Waals surface area contributed by atoms with Crippen molar-refractivity contribution in [2.24, 2.45) is 11.7 Å². The van der Waals surface area contributed by atoms with Gasteiger partial charge in [0.25, 0.3) is 0 Å². The Balaban J connectivity index is 1.96. The maximum atomic E-state index is 5.96. The van der Waals surface area contributed by atoms with E-state index in [-0.39, 0.29) is 0 Å². The number of nitrogens with two attached hydrogens (primary N) is 1. The second-order valence-electron chi connectivity index (χ2n) is 5.48. The summed E-state index contributed by atoms with van der Waals surface area (Å²) < 4.78 is 6.27. The van der Waals surface area contributed by atoms with Gasteiger partial charge in [0.05, 0.1) is 11.6 Å². The van der Waals surface area contributed by atoms with E-state index in [2.05, 4.69) is 40.0 Å². The van der Waals surface area contributed by atoms with E-state index in [0.29, 0.717) is 6.04 Å². The number of hydrogen-bond acceptors (Lipinski definition) is 3. The van der Waals surface area contributed by atoms with Crippen molar-refractivity contribution in [1.29, 1.82) is 0 Å². The number of rotatable bonds is 4. The van der Waals surface area contributed by atoms with E-state index in [1.54, 1.807) is 7.11 Å². The Bertz CT molecular complexity index is 417. The van der Waals surface area contributed by atoms with Gasteiger partial charge in [0.15, 0.2) is 0 Å². The lowest BCUT2D eigenvalue weighted by Crippen LogP contribution is -2.32. The number of nitrogens with zero attached hydrogens (tertiary/aromatic N) is 1. The first kappa shape index (κ1) is 14.7. The van der Waals surface area contributed by atoms with Crippen molar-refractivity contribution in [3.8, 4) is 5.75 Å². The Hall–Kier alpha value is -0.740. The topological polar surface area (TPSA) is 38.5 Å². The average Bonchev–Trinajstić information content (AvgIpc) is 2.41. The molecule has 1 fully saturated rings. The third-order valence-electron chi connectivity index (χ3n) is 4.00. The van der Waals surface area contributed by atoms with Crippen molar-refractivity contribution in [2.75, 3.05) is 25.6 Å². The minimum Gasteiger partial charge on any atom is -0.496 e. The van der Waals surface area contributed by atoms with Crippen molar-refractivity contribution in [3.63, 3.8) is 0 Å². The number of benzene rings is 1. The number of hydrogen-bond donors (Lipinski definition) is 1. The molecule has 0 aliphatic heterocycles. The SMILES string of the molecule is COc1ccc(N(C)CC2CCC(N)CC2)cc1Br. The molecule has 1 aromatic carbocycles. The highest BCUT2D eigenvalue weighted by Gasteiger charge is 2.20. The third-order valence-corrected chi connectivity index (χ3v) is 4.62. The van der Waals surface area contributed by atoms with Crippen LogP contribution in [-0.2, 0) is 0 Å². The van der Waals surface area contributed by atoms with Gasteiger partial charge in [-0.25, -0.2) is 0 Å². The van der Waals surface area contributed by atoms with E-state index in [0.717, 1.165) is 22.7 Å². The fraction of sp³-hybridized carbons (Fsp3) is 0.600. The molecule has 0 radical (unpaired) electrons. The minimum absolute atomic E-state index is 0.427. The summed E-state index contributed by atoms with van der Waals surface area (Å²) in [6.45, 7) is 1.10. The molecular formula is C15H23BrN2O. The predicted octanol–water partition coefficient (Wildman–Crippen LogP) is 3.41. The molecule has 0 unspecified atom stereocenters. The molecule has 19 heavy (non-hydrogen) atoms. The van der Waals surface area contributed by atoms with Gasteiger partial charge in [-0.15, -0.1) is 0 Å². The summed E-state index contributed by atoms with van der Waals surface area (Å²) in [7, 11) is 3.84. The van der Waals surface area contributed by atoms with Crippen LogP contribution in [0.4, 0.5) is 5.69 Å². The van der Waals surface area contributed by atoms with Crippen molar-refractivity contribution in [2.45, 2.75) is 31.7 Å². The molecule has 0 heterocycles. The van der Waals surface area contributed by atoms with Gasteiger partial charge in [0, 0.05) is 25.3 Å². The lowest BCUT2D eigenvalue weighted by atomic mass is 9.86. The molecule has 2 N–H and O–H groups in total. The maximum Gasteiger partial charge on any atom is 0.133 e. The Morgan fingerprint density at radius 1 is 1.32 bits per heavy atom. The fourth-order valence-electron chi connectivity index (χ4n) is 2.76. The zero-order chi connectivity index (χ0) is 13.8. The highest BCUT2D eigenvalue weighted by atomic mass is 79.9. The summed E-state index contributed by atoms with van der Waals surface area (Å²) in [5.41, 5.74) is 7.18. The van der Waals surface area contributed by atoms with Gasteiger partial charge >= 0.3 is 0 Å². The zero-order valence-corrected chi connectivity index (χ0v) is 13.3. The maximum absolute atomic E-state index is 5.96. The molecule has 3 nitrogen and oxygen atoms in total. The van der Waals surface area contributed by atoms with Gasteiger partial charge in [-0.3, -0.25) is 0 Å². The van der Waals surface area contributed by atoms with Gasteiger partial charge in [0.2, 0.25) is 0 Å². The van der Waals surface area contributed by atoms with Crippen LogP contribution in [0.2, 0.25) is 0 Å². The molecule has 0 aromatic heterocycles. The van der Waals surface area contributed by atoms with Crippen LogP contribution in [-0.4, -0.2) is 26.7 Å². The van der Waals surface area contributed by atoms with E-state index in [1.165, 1.54) is 31.4 Å². The van der Waals surface area contributed by atoms with Crippen molar-refractivity contribution >= 4 is 21.6 Å². The van der Waals surface area contributed by atoms with Crippen LogP contribution < -0.4 is 15.4 Å². The first-order chi connectivity index (χ1) is 9.10. The summed E-state index contributed by atoms with van der Waals surface area (Å²) in [5.74, 6) is 1.64. The van der Waals surface area contributed by atoms with Crippen LogP contribution in [0.15, 0.2) is 22.7 Å². The molecule has 1 saturated carbocycles. The van der Waals surface area contributed by atoms with Crippen molar-refractivity contribution in [1.82, 2.24) is 0 Å². The second kappa shape index (κ2) is 6.62. The van der Waals surface area contributed by atoms with Gasteiger partial charge in [-0.2, -0.15) is 0 Å². The molecule has 1 aliphatic carbocycles. The summed E-state index contributed by atoms with van der Waals surface area (Å²) in [6, 6.07) is 6.66. The molecule has 1 aliphatic rings. The highest BCUT2D eigenvalue weighted by Crippen LogP contribution is 2.30. The molecule has 0 bridgehead atoms. The summed E-state index contributed by atoms with van der Waals surface area (Å²) in [4.78, 5) is 2.33. The first-order valence-corrected chi connectivity index (χ1v) is 7.69. The molecule has 1 aromatic rings. The van der Waals surface area contributed by atoms with E-state index in [1.807, 2.05) is 6.07 Å². The Morgan fingerprint density at radius 3 is 2.58 bits per heavy atom. The standard InChI is InChI=1S/C15H23BrN2O/c1-18(10-11-3-5-12(17)6-4-11)13-7-8-15(19-2)14(16)9-13/h7-9,11-12H,3-6,10,17H2,1-2H3. The summed E-state index contributed by atoms with van der Waals surface area (Å²) >= 11 is 3.54. The third kappa shape index (κ3) is 3.86. The van der Waals surface area contributed by atoms with Crippen LogP contribution in [0.1, 0.15) is 25.7 Å². The Morgan fingerprint density at radius 2 is 2.00 bits per heavy atom. The normalized spacial score (nSPS) is 23.2. The quantitative estimate of drug-likeness (QED) is 0.921. The molecule has 0 spiro atoms. The van der Waals surface area contributed by atoms with Gasteiger partial charge in [0.1, 0.15) is 5.75 Å². The molecule has 0 saturated heterocycles. The van der Waals surface area contributed by atoms with E-state index in [9.17, 15) is 0 Å². The van der Waals surface area contributed by atoms with Crippen LogP contribution >= 0.6 is 15.9 Å². The molecule has 0 atom stereocenters. The van der Waals surface area contributed by atoms with E-state index < -0.39 is 0 Å². The second-order valence-corrected chi connectivity index (χ2v) is 6.33. The van der Waals surface area contributed by atoms with Crippen molar-refractivity contribution < 1.29 is 4.74 Å². The first-order valence-electron chi connectivity index (χ1n) is 6.90. The fourth-order valence-corrected chi connectivity index (χ4v) is 3.28. The van der Waals surface area contributed by atoms with Crippen LogP contribution in [0, 0.1) is 5.92 Å². The predicted molar refractivity (Wildman–Crippen MR) is 83.9 cm³/mol. The Kier molecular flexibility index (Phi) is 5.11. The lowest BCUT2D eigenvalue weighted by Gasteiger charge is -2.30. The zero-order valence-electron chi connectivity index (χ0n) is 11.7. The smallest absolute Gasteiger partial charge is 0.133 e. The van der Waals surface area contributed by atoms with Gasteiger partial charge < -0.3 is 15.4 Å². The van der Waals surface area contributed by atoms with E-state index in [4.69, 9.17) is 10.5 Å². The van der Waals surface area contributed by atoms with Crippen molar-refractivity contribution in [3.05, 3.63) is 22.7 Å². The summed E-state index contributed by atoms with van der Waals surface area (Å²) in [5, 5.41) is 0. The highest BCUT2D eigenvalue weighted by molar-refractivity contribution is 9.10. The number of anilines is 1. The van der Waals surface area contributed by atoms with E-state index >= 15 is 0 Å². The summed E-state index contributed by atoms with van der Waals surface area (Å²) in [6.07, 6.45) is 4.85. The van der Waals surface area contributed by atoms with Crippen LogP contribution in [0.3, 0.4) is 0 Å². The van der Waals surface area contributed by atoms with Gasteiger partial charge in [-0.05, 0) is 65.7 Å². The number of halogens is 1.